The third kappa shape index (κ3) is 2.80. The summed E-state index contributed by atoms with van der Waals surface area (Å²) in [5.41, 5.74) is 3.38. The molecule has 0 aliphatic heterocycles. The molecule has 98 valence electrons. The molecule has 0 saturated carbocycles. The maximum absolute atomic E-state index is 10.7. The van der Waals surface area contributed by atoms with Gasteiger partial charge in [-0.05, 0) is 30.5 Å². The summed E-state index contributed by atoms with van der Waals surface area (Å²) < 4.78 is 0. The average molecular weight is 257 g/mol. The first-order valence-corrected chi connectivity index (χ1v) is 5.98. The Hall–Kier alpha value is -2.20. The molecule has 2 aromatic carbocycles. The number of hydrogen-bond acceptors (Lipinski definition) is 3. The summed E-state index contributed by atoms with van der Waals surface area (Å²) in [4.78, 5) is 10.3. The number of aliphatic hydroxyl groups excluding tert-OH is 1. The van der Waals surface area contributed by atoms with E-state index in [9.17, 15) is 15.2 Å². The first-order valence-electron chi connectivity index (χ1n) is 5.98. The van der Waals surface area contributed by atoms with Crippen molar-refractivity contribution in [1.29, 1.82) is 0 Å². The Bertz CT molecular complexity index is 623. The van der Waals surface area contributed by atoms with Crippen LogP contribution in [0.25, 0.3) is 0 Å². The smallest absolute Gasteiger partial charge is 0.269 e. The van der Waals surface area contributed by atoms with E-state index in [1.807, 2.05) is 32.0 Å². The summed E-state index contributed by atoms with van der Waals surface area (Å²) in [6, 6.07) is 11.9. The molecule has 2 rings (SSSR count). The van der Waals surface area contributed by atoms with Gasteiger partial charge in [0.1, 0.15) is 6.10 Å². The zero-order valence-electron chi connectivity index (χ0n) is 10.8. The quantitative estimate of drug-likeness (QED) is 0.677. The van der Waals surface area contributed by atoms with Gasteiger partial charge >= 0.3 is 0 Å². The van der Waals surface area contributed by atoms with Crippen molar-refractivity contribution < 1.29 is 10.0 Å². The SMILES string of the molecule is Cc1ccc([C@H](O)c2cccc([N+](=O)[O-])c2)c(C)c1. The molecule has 1 atom stereocenters. The molecule has 2 aromatic rings. The molecule has 0 unspecified atom stereocenters. The number of aryl methyl sites for hydroxylation is 2. The van der Waals surface area contributed by atoms with Gasteiger partial charge in [-0.3, -0.25) is 10.1 Å². The van der Waals surface area contributed by atoms with Crippen LogP contribution in [-0.2, 0) is 0 Å². The van der Waals surface area contributed by atoms with Crippen LogP contribution in [0.5, 0.6) is 0 Å². The molecule has 4 nitrogen and oxygen atoms in total. The predicted octanol–water partition coefficient (Wildman–Crippen LogP) is 3.29. The van der Waals surface area contributed by atoms with Crippen molar-refractivity contribution >= 4 is 5.69 Å². The molecule has 19 heavy (non-hydrogen) atoms. The van der Waals surface area contributed by atoms with Crippen molar-refractivity contribution in [2.45, 2.75) is 20.0 Å². The molecular weight excluding hydrogens is 242 g/mol. The van der Waals surface area contributed by atoms with Gasteiger partial charge in [-0.15, -0.1) is 0 Å². The van der Waals surface area contributed by atoms with Crippen LogP contribution in [0.15, 0.2) is 42.5 Å². The number of rotatable bonds is 3. The van der Waals surface area contributed by atoms with Gasteiger partial charge < -0.3 is 5.11 Å². The van der Waals surface area contributed by atoms with Crippen LogP contribution < -0.4 is 0 Å². The average Bonchev–Trinajstić information content (AvgIpc) is 2.38. The lowest BCUT2D eigenvalue weighted by Crippen LogP contribution is -2.03. The second-order valence-electron chi connectivity index (χ2n) is 4.61. The number of nitro groups is 1. The van der Waals surface area contributed by atoms with Crippen LogP contribution >= 0.6 is 0 Å². The highest BCUT2D eigenvalue weighted by molar-refractivity contribution is 5.41. The molecule has 1 N–H and O–H groups in total. The van der Waals surface area contributed by atoms with E-state index in [4.69, 9.17) is 0 Å². The Morgan fingerprint density at radius 2 is 1.89 bits per heavy atom. The maximum atomic E-state index is 10.7. The number of benzene rings is 2. The van der Waals surface area contributed by atoms with Crippen LogP contribution in [0.1, 0.15) is 28.4 Å². The second-order valence-corrected chi connectivity index (χ2v) is 4.61. The van der Waals surface area contributed by atoms with E-state index in [1.165, 1.54) is 12.1 Å². The summed E-state index contributed by atoms with van der Waals surface area (Å²) >= 11 is 0. The molecule has 0 aliphatic carbocycles. The Balaban J connectivity index is 2.41. The summed E-state index contributed by atoms with van der Waals surface area (Å²) in [5, 5.41) is 21.1. The molecule has 0 bridgehead atoms. The molecule has 0 saturated heterocycles. The predicted molar refractivity (Wildman–Crippen MR) is 73.1 cm³/mol. The maximum Gasteiger partial charge on any atom is 0.269 e. The van der Waals surface area contributed by atoms with E-state index in [-0.39, 0.29) is 5.69 Å². The lowest BCUT2D eigenvalue weighted by atomic mass is 9.96. The van der Waals surface area contributed by atoms with Gasteiger partial charge in [-0.25, -0.2) is 0 Å². The molecule has 0 aromatic heterocycles. The van der Waals surface area contributed by atoms with Crippen LogP contribution in [0.3, 0.4) is 0 Å². The summed E-state index contributed by atoms with van der Waals surface area (Å²) in [6.07, 6.45) is -0.847. The zero-order chi connectivity index (χ0) is 14.0. The lowest BCUT2D eigenvalue weighted by molar-refractivity contribution is -0.385. The third-order valence-corrected chi connectivity index (χ3v) is 3.12. The molecule has 0 amide bonds. The molecule has 4 heteroatoms. The van der Waals surface area contributed by atoms with E-state index >= 15 is 0 Å². The fourth-order valence-corrected chi connectivity index (χ4v) is 2.12. The minimum absolute atomic E-state index is 0.0127. The zero-order valence-corrected chi connectivity index (χ0v) is 10.8. The number of aliphatic hydroxyl groups is 1. The molecular formula is C15H15NO3. The third-order valence-electron chi connectivity index (χ3n) is 3.12. The van der Waals surface area contributed by atoms with Crippen molar-refractivity contribution in [2.24, 2.45) is 0 Å². The van der Waals surface area contributed by atoms with Crippen LogP contribution in [0.2, 0.25) is 0 Å². The van der Waals surface area contributed by atoms with Crippen LogP contribution in [0, 0.1) is 24.0 Å². The monoisotopic (exact) mass is 257 g/mol. The minimum Gasteiger partial charge on any atom is -0.384 e. The van der Waals surface area contributed by atoms with Crippen molar-refractivity contribution in [3.63, 3.8) is 0 Å². The van der Waals surface area contributed by atoms with E-state index in [1.54, 1.807) is 12.1 Å². The summed E-state index contributed by atoms with van der Waals surface area (Å²) in [7, 11) is 0. The molecule has 0 heterocycles. The van der Waals surface area contributed by atoms with Gasteiger partial charge in [0.2, 0.25) is 0 Å². The van der Waals surface area contributed by atoms with Crippen LogP contribution in [-0.4, -0.2) is 10.0 Å². The van der Waals surface area contributed by atoms with Gasteiger partial charge in [0.05, 0.1) is 4.92 Å². The fraction of sp³-hybridized carbons (Fsp3) is 0.200. The van der Waals surface area contributed by atoms with Crippen molar-refractivity contribution in [1.82, 2.24) is 0 Å². The van der Waals surface area contributed by atoms with E-state index in [0.29, 0.717) is 5.56 Å². The number of nitrogens with zero attached hydrogens (tertiary/aromatic N) is 1. The molecule has 0 radical (unpaired) electrons. The highest BCUT2D eigenvalue weighted by Gasteiger charge is 2.15. The molecule has 0 fully saturated rings. The van der Waals surface area contributed by atoms with E-state index < -0.39 is 11.0 Å². The Morgan fingerprint density at radius 1 is 1.16 bits per heavy atom. The largest absolute Gasteiger partial charge is 0.384 e. The van der Waals surface area contributed by atoms with Crippen LogP contribution in [0.4, 0.5) is 5.69 Å². The number of non-ortho nitro benzene ring substituents is 1. The van der Waals surface area contributed by atoms with Gasteiger partial charge in [0.15, 0.2) is 0 Å². The fourth-order valence-electron chi connectivity index (χ4n) is 2.12. The first kappa shape index (κ1) is 13.2. The van der Waals surface area contributed by atoms with Crippen molar-refractivity contribution in [3.8, 4) is 0 Å². The van der Waals surface area contributed by atoms with E-state index in [0.717, 1.165) is 16.7 Å². The normalized spacial score (nSPS) is 12.2. The van der Waals surface area contributed by atoms with Gasteiger partial charge in [-0.2, -0.15) is 0 Å². The van der Waals surface area contributed by atoms with Gasteiger partial charge in [0, 0.05) is 12.1 Å². The second kappa shape index (κ2) is 5.20. The summed E-state index contributed by atoms with van der Waals surface area (Å²) in [6.45, 7) is 3.90. The van der Waals surface area contributed by atoms with Gasteiger partial charge in [-0.1, -0.05) is 35.9 Å². The topological polar surface area (TPSA) is 63.4 Å². The number of hydrogen-bond donors (Lipinski definition) is 1. The van der Waals surface area contributed by atoms with Crippen molar-refractivity contribution in [2.75, 3.05) is 0 Å². The summed E-state index contributed by atoms with van der Waals surface area (Å²) in [5.74, 6) is 0. The lowest BCUT2D eigenvalue weighted by Gasteiger charge is -2.14. The van der Waals surface area contributed by atoms with Crippen molar-refractivity contribution in [3.05, 3.63) is 74.8 Å². The Morgan fingerprint density at radius 3 is 2.53 bits per heavy atom. The van der Waals surface area contributed by atoms with Gasteiger partial charge in [0.25, 0.3) is 5.69 Å². The Labute approximate surface area is 111 Å². The van der Waals surface area contributed by atoms with E-state index in [2.05, 4.69) is 0 Å². The first-order chi connectivity index (χ1) is 8.99. The Kier molecular flexibility index (Phi) is 3.62. The molecule has 0 spiro atoms. The molecule has 0 aliphatic rings. The minimum atomic E-state index is -0.847. The number of nitro benzene ring substituents is 1. The standard InChI is InChI=1S/C15H15NO3/c1-10-6-7-14(11(2)8-10)15(17)12-4-3-5-13(9-12)16(18)19/h3-9,15,17H,1-2H3/t15-/m1/s1. The highest BCUT2D eigenvalue weighted by Crippen LogP contribution is 2.27. The highest BCUT2D eigenvalue weighted by atomic mass is 16.6.